The van der Waals surface area contributed by atoms with E-state index in [1.54, 1.807) is 18.2 Å². The summed E-state index contributed by atoms with van der Waals surface area (Å²) >= 11 is 6.10. The third-order valence-corrected chi connectivity index (χ3v) is 4.16. The topological polar surface area (TPSA) is 85.8 Å². The van der Waals surface area contributed by atoms with Crippen LogP contribution >= 0.6 is 11.6 Å². The van der Waals surface area contributed by atoms with Crippen molar-refractivity contribution in [2.45, 2.75) is 25.3 Å². The summed E-state index contributed by atoms with van der Waals surface area (Å²) in [7, 11) is 0. The van der Waals surface area contributed by atoms with Gasteiger partial charge in [-0.2, -0.15) is 5.10 Å². The second-order valence-corrected chi connectivity index (χ2v) is 6.07. The van der Waals surface area contributed by atoms with E-state index in [-0.39, 0.29) is 29.1 Å². The molecule has 1 unspecified atom stereocenters. The molecule has 0 spiro atoms. The monoisotopic (exact) mass is 355 g/mol. The number of nitrogens with two attached hydrogens (primary N) is 1. The molecule has 128 valence electrons. The third kappa shape index (κ3) is 3.54. The minimum absolute atomic E-state index is 0.00380. The maximum Gasteiger partial charge on any atom is 0.297 e. The van der Waals surface area contributed by atoms with Crippen LogP contribution in [-0.2, 0) is 4.79 Å². The zero-order chi connectivity index (χ0) is 17.3. The van der Waals surface area contributed by atoms with Crippen molar-refractivity contribution in [3.8, 4) is 5.69 Å². The number of carbonyl (C=O) groups is 1. The maximum atomic E-state index is 13.0. The number of nitrogens with one attached hydrogen (secondary N) is 1. The third-order valence-electron chi connectivity index (χ3n) is 3.84. The maximum absolute atomic E-state index is 13.0. The number of nitrogens with zero attached hydrogens (tertiary/aromatic N) is 3. The largest absolute Gasteiger partial charge is 0.354 e. The van der Waals surface area contributed by atoms with Crippen LogP contribution in [0, 0.1) is 5.92 Å². The average molecular weight is 356 g/mol. The molecule has 1 aliphatic rings. The van der Waals surface area contributed by atoms with Crippen LogP contribution in [0.15, 0.2) is 24.5 Å². The summed E-state index contributed by atoms with van der Waals surface area (Å²) < 4.78 is 27.0. The fourth-order valence-electron chi connectivity index (χ4n) is 2.33. The van der Waals surface area contributed by atoms with Crippen LogP contribution in [0.1, 0.15) is 36.7 Å². The van der Waals surface area contributed by atoms with Gasteiger partial charge in [-0.15, -0.1) is 0 Å². The van der Waals surface area contributed by atoms with Gasteiger partial charge in [0.1, 0.15) is 6.33 Å². The van der Waals surface area contributed by atoms with Crippen LogP contribution in [0.25, 0.3) is 5.69 Å². The van der Waals surface area contributed by atoms with Crippen LogP contribution in [0.5, 0.6) is 0 Å². The summed E-state index contributed by atoms with van der Waals surface area (Å²) in [5.41, 5.74) is 7.01. The Bertz CT molecular complexity index is 747. The number of hydrogen-bond acceptors (Lipinski definition) is 4. The molecular weight excluding hydrogens is 340 g/mol. The van der Waals surface area contributed by atoms with Gasteiger partial charge in [0.15, 0.2) is 5.82 Å². The highest BCUT2D eigenvalue weighted by molar-refractivity contribution is 6.32. The van der Waals surface area contributed by atoms with Gasteiger partial charge in [0.05, 0.1) is 10.7 Å². The van der Waals surface area contributed by atoms with Crippen LogP contribution in [0.2, 0.25) is 5.02 Å². The lowest BCUT2D eigenvalue weighted by molar-refractivity contribution is -0.122. The first-order chi connectivity index (χ1) is 11.5. The molecule has 0 radical (unpaired) electrons. The molecule has 6 nitrogen and oxygen atoms in total. The second kappa shape index (κ2) is 6.82. The molecule has 24 heavy (non-hydrogen) atoms. The van der Waals surface area contributed by atoms with E-state index in [2.05, 4.69) is 15.4 Å². The molecule has 1 fully saturated rings. The number of benzene rings is 1. The van der Waals surface area contributed by atoms with E-state index in [1.165, 1.54) is 0 Å². The predicted molar refractivity (Wildman–Crippen MR) is 84.0 cm³/mol. The minimum Gasteiger partial charge on any atom is -0.354 e. The SMILES string of the molecule is NC(CNC(=O)C1CC1)c1ccc(Cl)c(-n2ncnc2C(F)F)c1. The van der Waals surface area contributed by atoms with E-state index in [9.17, 15) is 13.6 Å². The Kier molecular flexibility index (Phi) is 4.77. The van der Waals surface area contributed by atoms with Gasteiger partial charge in [0, 0.05) is 18.5 Å². The summed E-state index contributed by atoms with van der Waals surface area (Å²) in [6, 6.07) is 4.35. The first-order valence-corrected chi connectivity index (χ1v) is 7.86. The Hall–Kier alpha value is -2.06. The molecule has 3 N–H and O–H groups in total. The van der Waals surface area contributed by atoms with Gasteiger partial charge in [-0.05, 0) is 30.5 Å². The minimum atomic E-state index is -2.78. The predicted octanol–water partition coefficient (Wildman–Crippen LogP) is 2.38. The van der Waals surface area contributed by atoms with Crippen LogP contribution in [0.3, 0.4) is 0 Å². The molecule has 9 heteroatoms. The number of carbonyl (C=O) groups excluding carboxylic acids is 1. The number of alkyl halides is 2. The summed E-state index contributed by atoms with van der Waals surface area (Å²) in [5, 5.41) is 6.85. The Morgan fingerprint density at radius 2 is 2.21 bits per heavy atom. The highest BCUT2D eigenvalue weighted by Crippen LogP contribution is 2.29. The van der Waals surface area contributed by atoms with Crippen molar-refractivity contribution in [2.75, 3.05) is 6.54 Å². The van der Waals surface area contributed by atoms with E-state index in [4.69, 9.17) is 17.3 Å². The first-order valence-electron chi connectivity index (χ1n) is 7.48. The molecule has 0 saturated heterocycles. The normalized spacial score (nSPS) is 15.5. The lowest BCUT2D eigenvalue weighted by atomic mass is 10.1. The fraction of sp³-hybridized carbons (Fsp3) is 0.400. The number of rotatable bonds is 6. The molecule has 1 aromatic heterocycles. The van der Waals surface area contributed by atoms with E-state index in [1.807, 2.05) is 0 Å². The quantitative estimate of drug-likeness (QED) is 0.833. The smallest absolute Gasteiger partial charge is 0.297 e. The number of aromatic nitrogens is 3. The Balaban J connectivity index is 1.80. The molecule has 1 atom stereocenters. The Labute approximate surface area is 142 Å². The highest BCUT2D eigenvalue weighted by Gasteiger charge is 2.29. The average Bonchev–Trinajstić information content (AvgIpc) is 3.29. The lowest BCUT2D eigenvalue weighted by Gasteiger charge is -2.15. The fourth-order valence-corrected chi connectivity index (χ4v) is 2.52. The van der Waals surface area contributed by atoms with Crippen molar-refractivity contribution < 1.29 is 13.6 Å². The van der Waals surface area contributed by atoms with Gasteiger partial charge in [0.2, 0.25) is 5.91 Å². The summed E-state index contributed by atoms with van der Waals surface area (Å²) in [6.45, 7) is 0.259. The van der Waals surface area contributed by atoms with Crippen molar-refractivity contribution in [3.05, 3.63) is 40.9 Å². The Morgan fingerprint density at radius 1 is 1.46 bits per heavy atom. The molecule has 0 aliphatic heterocycles. The van der Waals surface area contributed by atoms with Gasteiger partial charge in [0.25, 0.3) is 6.43 Å². The summed E-state index contributed by atoms with van der Waals surface area (Å²) in [4.78, 5) is 15.2. The number of halogens is 3. The molecular formula is C15H16ClF2N5O. The summed E-state index contributed by atoms with van der Waals surface area (Å²) in [5.74, 6) is -0.401. The van der Waals surface area contributed by atoms with Crippen molar-refractivity contribution in [2.24, 2.45) is 11.7 Å². The van der Waals surface area contributed by atoms with Crippen molar-refractivity contribution in [1.29, 1.82) is 0 Å². The van der Waals surface area contributed by atoms with E-state index in [0.29, 0.717) is 5.56 Å². The zero-order valence-electron chi connectivity index (χ0n) is 12.6. The van der Waals surface area contributed by atoms with Crippen LogP contribution in [0.4, 0.5) is 8.78 Å². The van der Waals surface area contributed by atoms with E-state index >= 15 is 0 Å². The molecule has 2 aromatic rings. The van der Waals surface area contributed by atoms with Crippen LogP contribution in [-0.4, -0.2) is 27.2 Å². The van der Waals surface area contributed by atoms with Crippen molar-refractivity contribution in [3.63, 3.8) is 0 Å². The van der Waals surface area contributed by atoms with Gasteiger partial charge in [-0.25, -0.2) is 18.4 Å². The number of hydrogen-bond donors (Lipinski definition) is 2. The van der Waals surface area contributed by atoms with Crippen molar-refractivity contribution in [1.82, 2.24) is 20.1 Å². The molecule has 3 rings (SSSR count). The van der Waals surface area contributed by atoms with Gasteiger partial charge < -0.3 is 11.1 Å². The molecule has 0 bridgehead atoms. The Morgan fingerprint density at radius 3 is 2.88 bits per heavy atom. The lowest BCUT2D eigenvalue weighted by Crippen LogP contribution is -2.32. The van der Waals surface area contributed by atoms with E-state index < -0.39 is 18.3 Å². The molecule has 1 heterocycles. The molecule has 1 saturated carbocycles. The first kappa shape index (κ1) is 16.8. The standard InChI is InChI=1S/C15H16ClF2N5O/c16-10-4-3-9(11(19)6-20-15(24)8-1-2-8)5-12(10)23-14(13(17)18)21-7-22-23/h3-5,7-8,11,13H,1-2,6,19H2,(H,20,24). The second-order valence-electron chi connectivity index (χ2n) is 5.67. The number of amides is 1. The van der Waals surface area contributed by atoms with Gasteiger partial charge in [-0.3, -0.25) is 4.79 Å². The molecule has 1 aliphatic carbocycles. The van der Waals surface area contributed by atoms with Crippen molar-refractivity contribution >= 4 is 17.5 Å². The highest BCUT2D eigenvalue weighted by atomic mass is 35.5. The van der Waals surface area contributed by atoms with E-state index in [0.717, 1.165) is 23.9 Å². The van der Waals surface area contributed by atoms with Gasteiger partial charge >= 0.3 is 0 Å². The molecule has 1 aromatic carbocycles. The summed E-state index contributed by atoms with van der Waals surface area (Å²) in [6.07, 6.45) is 0.0861. The molecule has 1 amide bonds. The van der Waals surface area contributed by atoms with Gasteiger partial charge in [-0.1, -0.05) is 17.7 Å². The van der Waals surface area contributed by atoms with Crippen LogP contribution < -0.4 is 11.1 Å². The zero-order valence-corrected chi connectivity index (χ0v) is 13.4.